The second kappa shape index (κ2) is 4.35. The van der Waals surface area contributed by atoms with E-state index >= 15 is 0 Å². The predicted molar refractivity (Wildman–Crippen MR) is 63.2 cm³/mol. The summed E-state index contributed by atoms with van der Waals surface area (Å²) >= 11 is 0. The highest BCUT2D eigenvalue weighted by molar-refractivity contribution is 5.85. The minimum Gasteiger partial charge on any atom is -0.374 e. The number of anilines is 1. The van der Waals surface area contributed by atoms with Gasteiger partial charge in [0.05, 0.1) is 0 Å². The fraction of sp³-hybridized carbons (Fsp3) is 0.417. The number of aliphatic hydroxyl groups is 2. The highest BCUT2D eigenvalue weighted by Crippen LogP contribution is 2.25. The number of rotatable bonds is 1. The van der Waals surface area contributed by atoms with Crippen molar-refractivity contribution in [1.29, 1.82) is 0 Å². The van der Waals surface area contributed by atoms with Gasteiger partial charge in [-0.1, -0.05) is 12.1 Å². The van der Waals surface area contributed by atoms with Gasteiger partial charge in [0.15, 0.2) is 6.29 Å². The van der Waals surface area contributed by atoms with Crippen LogP contribution in [0.4, 0.5) is 5.69 Å². The normalized spacial score (nSPS) is 19.9. The summed E-state index contributed by atoms with van der Waals surface area (Å²) < 4.78 is 0. The van der Waals surface area contributed by atoms with Crippen LogP contribution in [0.2, 0.25) is 0 Å². The molecule has 1 atom stereocenters. The summed E-state index contributed by atoms with van der Waals surface area (Å²) in [7, 11) is 1.75. The van der Waals surface area contributed by atoms with E-state index in [4.69, 9.17) is 10.2 Å². The average Bonchev–Trinajstić information content (AvgIpc) is 2.38. The first-order valence-electron chi connectivity index (χ1n) is 5.49. The SMILES string of the molecule is CC1Nc2cc(C(O)O)ccc2CN(C)C1=O. The Balaban J connectivity index is 2.39. The molecule has 0 saturated heterocycles. The van der Waals surface area contributed by atoms with Crippen molar-refractivity contribution in [1.82, 2.24) is 4.90 Å². The first-order chi connectivity index (χ1) is 7.99. The number of benzene rings is 1. The quantitative estimate of drug-likeness (QED) is 0.619. The summed E-state index contributed by atoms with van der Waals surface area (Å²) in [6.07, 6.45) is -1.49. The van der Waals surface area contributed by atoms with Gasteiger partial charge in [0.2, 0.25) is 5.91 Å². The molecule has 0 bridgehead atoms. The van der Waals surface area contributed by atoms with Crippen LogP contribution in [0.15, 0.2) is 18.2 Å². The summed E-state index contributed by atoms with van der Waals surface area (Å²) in [5, 5.41) is 21.3. The third-order valence-corrected chi connectivity index (χ3v) is 2.96. The number of nitrogens with zero attached hydrogens (tertiary/aromatic N) is 1. The van der Waals surface area contributed by atoms with Gasteiger partial charge in [0, 0.05) is 24.8 Å². The van der Waals surface area contributed by atoms with Crippen LogP contribution in [-0.2, 0) is 11.3 Å². The molecule has 1 aliphatic rings. The van der Waals surface area contributed by atoms with Crippen LogP contribution in [-0.4, -0.2) is 34.1 Å². The Labute approximate surface area is 99.7 Å². The van der Waals surface area contributed by atoms with E-state index < -0.39 is 6.29 Å². The van der Waals surface area contributed by atoms with Gasteiger partial charge >= 0.3 is 0 Å². The summed E-state index contributed by atoms with van der Waals surface area (Å²) in [5.74, 6) is 0.0206. The van der Waals surface area contributed by atoms with E-state index in [1.165, 1.54) is 0 Å². The van der Waals surface area contributed by atoms with Gasteiger partial charge in [0.1, 0.15) is 6.04 Å². The fourth-order valence-electron chi connectivity index (χ4n) is 1.99. The van der Waals surface area contributed by atoms with Crippen molar-refractivity contribution in [3.63, 3.8) is 0 Å². The molecule has 92 valence electrons. The Bertz CT molecular complexity index is 445. The standard InChI is InChI=1S/C12H16N2O3/c1-7-11(15)14(2)6-9-4-3-8(12(16)17)5-10(9)13-7/h3-5,7,12-13,16-17H,6H2,1-2H3. The zero-order valence-corrected chi connectivity index (χ0v) is 9.84. The van der Waals surface area contributed by atoms with Gasteiger partial charge in [-0.15, -0.1) is 0 Å². The molecule has 0 saturated carbocycles. The number of nitrogens with one attached hydrogen (secondary N) is 1. The van der Waals surface area contributed by atoms with E-state index in [1.54, 1.807) is 37.1 Å². The smallest absolute Gasteiger partial charge is 0.244 e. The lowest BCUT2D eigenvalue weighted by Crippen LogP contribution is -2.35. The zero-order valence-electron chi connectivity index (χ0n) is 9.84. The van der Waals surface area contributed by atoms with Crippen molar-refractivity contribution in [3.8, 4) is 0 Å². The van der Waals surface area contributed by atoms with Gasteiger partial charge in [-0.3, -0.25) is 4.79 Å². The maximum absolute atomic E-state index is 11.8. The molecule has 0 spiro atoms. The third kappa shape index (κ3) is 2.25. The molecule has 1 unspecified atom stereocenters. The molecule has 0 aromatic heterocycles. The molecule has 1 aromatic rings. The molecule has 5 heteroatoms. The number of amides is 1. The van der Waals surface area contributed by atoms with Crippen LogP contribution < -0.4 is 5.32 Å². The first-order valence-corrected chi connectivity index (χ1v) is 5.49. The number of carbonyl (C=O) groups is 1. The van der Waals surface area contributed by atoms with Crippen molar-refractivity contribution in [2.45, 2.75) is 25.8 Å². The molecule has 0 radical (unpaired) electrons. The molecule has 3 N–H and O–H groups in total. The van der Waals surface area contributed by atoms with Crippen LogP contribution in [0.3, 0.4) is 0 Å². The summed E-state index contributed by atoms with van der Waals surface area (Å²) in [4.78, 5) is 13.4. The maximum Gasteiger partial charge on any atom is 0.244 e. The van der Waals surface area contributed by atoms with E-state index in [0.717, 1.165) is 11.3 Å². The van der Waals surface area contributed by atoms with Gasteiger partial charge in [-0.05, 0) is 18.6 Å². The summed E-state index contributed by atoms with van der Waals surface area (Å²) in [5.41, 5.74) is 2.16. The highest BCUT2D eigenvalue weighted by Gasteiger charge is 2.23. The Kier molecular flexibility index (Phi) is 3.04. The van der Waals surface area contributed by atoms with Crippen molar-refractivity contribution in [2.75, 3.05) is 12.4 Å². The van der Waals surface area contributed by atoms with Crippen LogP contribution in [0.5, 0.6) is 0 Å². The molecular weight excluding hydrogens is 220 g/mol. The number of hydrogen-bond acceptors (Lipinski definition) is 4. The molecule has 5 nitrogen and oxygen atoms in total. The Morgan fingerprint density at radius 1 is 1.47 bits per heavy atom. The van der Waals surface area contributed by atoms with Crippen LogP contribution in [0.25, 0.3) is 0 Å². The lowest BCUT2D eigenvalue weighted by Gasteiger charge is -2.16. The van der Waals surface area contributed by atoms with Gasteiger partial charge in [-0.2, -0.15) is 0 Å². The van der Waals surface area contributed by atoms with Crippen molar-refractivity contribution < 1.29 is 15.0 Å². The van der Waals surface area contributed by atoms with Crippen molar-refractivity contribution in [3.05, 3.63) is 29.3 Å². The third-order valence-electron chi connectivity index (χ3n) is 2.96. The molecule has 1 heterocycles. The van der Waals surface area contributed by atoms with Gasteiger partial charge in [0.25, 0.3) is 0 Å². The first kappa shape index (κ1) is 11.9. The van der Waals surface area contributed by atoms with Gasteiger partial charge in [-0.25, -0.2) is 0 Å². The lowest BCUT2D eigenvalue weighted by molar-refractivity contribution is -0.130. The Hall–Kier alpha value is -1.59. The topological polar surface area (TPSA) is 72.8 Å². The maximum atomic E-state index is 11.8. The van der Waals surface area contributed by atoms with Crippen molar-refractivity contribution >= 4 is 11.6 Å². The number of aliphatic hydroxyl groups excluding tert-OH is 1. The predicted octanol–water partition coefficient (Wildman–Crippen LogP) is 0.442. The van der Waals surface area contributed by atoms with E-state index in [9.17, 15) is 4.79 Å². The molecule has 1 aromatic carbocycles. The number of carbonyl (C=O) groups excluding carboxylic acids is 1. The number of hydrogen-bond donors (Lipinski definition) is 3. The second-order valence-electron chi connectivity index (χ2n) is 4.35. The molecule has 0 aliphatic carbocycles. The van der Waals surface area contributed by atoms with Gasteiger partial charge < -0.3 is 20.4 Å². The number of likely N-dealkylation sites (N-methyl/N-ethyl adjacent to an activating group) is 1. The van der Waals surface area contributed by atoms with E-state index in [-0.39, 0.29) is 11.9 Å². The minimum atomic E-state index is -1.49. The largest absolute Gasteiger partial charge is 0.374 e. The lowest BCUT2D eigenvalue weighted by atomic mass is 10.1. The number of fused-ring (bicyclic) bond motifs is 1. The highest BCUT2D eigenvalue weighted by atomic mass is 16.5. The Morgan fingerprint density at radius 2 is 2.18 bits per heavy atom. The van der Waals surface area contributed by atoms with Crippen LogP contribution in [0, 0.1) is 0 Å². The van der Waals surface area contributed by atoms with E-state index in [2.05, 4.69) is 5.32 Å². The molecule has 1 amide bonds. The van der Waals surface area contributed by atoms with E-state index in [0.29, 0.717) is 12.1 Å². The molecule has 2 rings (SSSR count). The van der Waals surface area contributed by atoms with Crippen LogP contribution >= 0.6 is 0 Å². The summed E-state index contributed by atoms with van der Waals surface area (Å²) in [6.45, 7) is 2.31. The molecule has 1 aliphatic heterocycles. The fourth-order valence-corrected chi connectivity index (χ4v) is 1.99. The van der Waals surface area contributed by atoms with Crippen LogP contribution in [0.1, 0.15) is 24.3 Å². The Morgan fingerprint density at radius 3 is 2.82 bits per heavy atom. The molecular formula is C12H16N2O3. The molecule has 0 fully saturated rings. The molecule has 17 heavy (non-hydrogen) atoms. The van der Waals surface area contributed by atoms with Crippen molar-refractivity contribution in [2.24, 2.45) is 0 Å². The van der Waals surface area contributed by atoms with E-state index in [1.807, 2.05) is 0 Å². The zero-order chi connectivity index (χ0) is 12.6. The summed E-state index contributed by atoms with van der Waals surface area (Å²) in [6, 6.07) is 4.81. The second-order valence-corrected chi connectivity index (χ2v) is 4.35. The monoisotopic (exact) mass is 236 g/mol. The average molecular weight is 236 g/mol. The minimum absolute atomic E-state index is 0.0206.